The van der Waals surface area contributed by atoms with Crippen LogP contribution in [0.2, 0.25) is 5.02 Å². The van der Waals surface area contributed by atoms with Crippen LogP contribution >= 0.6 is 23.4 Å². The van der Waals surface area contributed by atoms with Crippen LogP contribution in [0, 0.1) is 12.8 Å². The molecule has 1 aliphatic carbocycles. The summed E-state index contributed by atoms with van der Waals surface area (Å²) in [7, 11) is 1.24. The van der Waals surface area contributed by atoms with Crippen molar-refractivity contribution in [2.45, 2.75) is 50.9 Å². The van der Waals surface area contributed by atoms with E-state index in [1.165, 1.54) is 30.4 Å². The Balaban J connectivity index is 1.47. The zero-order valence-electron chi connectivity index (χ0n) is 18.6. The maximum Gasteiger partial charge on any atom is 0.414 e. The molecular formula is C24H27ClF3N3OS. The van der Waals surface area contributed by atoms with Gasteiger partial charge in [0.25, 0.3) is 0 Å². The van der Waals surface area contributed by atoms with Gasteiger partial charge < -0.3 is 10.2 Å². The standard InChI is InChI=1S/C24H27ClF3N3OS/c1-14-19-12-18(11-16(19)3-5-20(14)25)30-17-4-6-21(29-13-17)22(24(26,27)28)31(2)23(32)15-7-9-33-10-8-15/h3-6,13,15,18,22,30H,7-12H2,1-2H3/t18?,22-/m0/s1. The number of carbonyl (C=O) groups is 1. The van der Waals surface area contributed by atoms with Gasteiger partial charge in [0.05, 0.1) is 17.6 Å². The van der Waals surface area contributed by atoms with Crippen molar-refractivity contribution in [3.05, 3.63) is 57.9 Å². The van der Waals surface area contributed by atoms with Crippen molar-refractivity contribution in [1.82, 2.24) is 9.88 Å². The lowest BCUT2D eigenvalue weighted by molar-refractivity contribution is -0.191. The highest BCUT2D eigenvalue weighted by Crippen LogP contribution is 2.38. The average molecular weight is 498 g/mol. The first-order valence-electron chi connectivity index (χ1n) is 11.1. The molecule has 1 unspecified atom stereocenters. The van der Waals surface area contributed by atoms with Gasteiger partial charge in [-0.2, -0.15) is 24.9 Å². The van der Waals surface area contributed by atoms with Gasteiger partial charge in [0.2, 0.25) is 5.91 Å². The van der Waals surface area contributed by atoms with E-state index < -0.39 is 18.1 Å². The van der Waals surface area contributed by atoms with Gasteiger partial charge in [-0.1, -0.05) is 17.7 Å². The first-order chi connectivity index (χ1) is 15.6. The van der Waals surface area contributed by atoms with Gasteiger partial charge in [-0.25, -0.2) is 0 Å². The minimum Gasteiger partial charge on any atom is -0.380 e. The van der Waals surface area contributed by atoms with Crippen molar-refractivity contribution in [2.75, 3.05) is 23.9 Å². The Morgan fingerprint density at radius 1 is 1.21 bits per heavy atom. The number of halogens is 4. The largest absolute Gasteiger partial charge is 0.414 e. The molecule has 0 saturated carbocycles. The lowest BCUT2D eigenvalue weighted by atomic mass is 9.99. The maximum absolute atomic E-state index is 14.0. The third kappa shape index (κ3) is 5.27. The number of pyridine rings is 1. The number of amides is 1. The van der Waals surface area contributed by atoms with E-state index in [9.17, 15) is 18.0 Å². The number of hydrogen-bond acceptors (Lipinski definition) is 4. The van der Waals surface area contributed by atoms with E-state index in [-0.39, 0.29) is 17.7 Å². The van der Waals surface area contributed by atoms with Crippen LogP contribution in [0.15, 0.2) is 30.5 Å². The summed E-state index contributed by atoms with van der Waals surface area (Å²) < 4.78 is 41.9. The number of alkyl halides is 3. The molecule has 1 amide bonds. The molecule has 178 valence electrons. The molecule has 9 heteroatoms. The number of fused-ring (bicyclic) bond motifs is 1. The molecule has 0 bridgehead atoms. The average Bonchev–Trinajstić information content (AvgIpc) is 3.20. The summed E-state index contributed by atoms with van der Waals surface area (Å²) in [5.41, 5.74) is 4.01. The molecule has 1 aliphatic heterocycles. The second kappa shape index (κ2) is 9.74. The van der Waals surface area contributed by atoms with E-state index in [1.807, 2.05) is 19.1 Å². The minimum atomic E-state index is -4.61. The Labute approximate surface area is 201 Å². The summed E-state index contributed by atoms with van der Waals surface area (Å²) in [6, 6.07) is 4.96. The van der Waals surface area contributed by atoms with Crippen molar-refractivity contribution in [1.29, 1.82) is 0 Å². The summed E-state index contributed by atoms with van der Waals surface area (Å²) >= 11 is 7.96. The van der Waals surface area contributed by atoms with Gasteiger partial charge in [0.15, 0.2) is 6.04 Å². The Morgan fingerprint density at radius 2 is 1.94 bits per heavy atom. The van der Waals surface area contributed by atoms with Crippen molar-refractivity contribution in [2.24, 2.45) is 5.92 Å². The minimum absolute atomic E-state index is 0.122. The number of benzene rings is 1. The van der Waals surface area contributed by atoms with Crippen molar-refractivity contribution < 1.29 is 18.0 Å². The van der Waals surface area contributed by atoms with Crippen LogP contribution in [0.1, 0.15) is 41.3 Å². The van der Waals surface area contributed by atoms with Gasteiger partial charge in [-0.05, 0) is 79.0 Å². The Morgan fingerprint density at radius 3 is 2.58 bits per heavy atom. The van der Waals surface area contributed by atoms with Crippen molar-refractivity contribution >= 4 is 35.0 Å². The number of anilines is 1. The van der Waals surface area contributed by atoms with Crippen LogP contribution in [-0.2, 0) is 17.6 Å². The smallest absolute Gasteiger partial charge is 0.380 e. The highest BCUT2D eigenvalue weighted by molar-refractivity contribution is 7.99. The lowest BCUT2D eigenvalue weighted by Gasteiger charge is -2.33. The first kappa shape index (κ1) is 24.2. The molecule has 1 aromatic carbocycles. The number of aromatic nitrogens is 1. The molecule has 33 heavy (non-hydrogen) atoms. The molecule has 1 aromatic heterocycles. The van der Waals surface area contributed by atoms with E-state index >= 15 is 0 Å². The SMILES string of the molecule is Cc1c(Cl)ccc2c1CC(Nc1ccc([C@H](N(C)C(=O)C3CCSCC3)C(F)(F)F)nc1)C2. The van der Waals surface area contributed by atoms with E-state index in [2.05, 4.69) is 10.3 Å². The molecular weight excluding hydrogens is 471 g/mol. The van der Waals surface area contributed by atoms with Gasteiger partial charge in [-0.15, -0.1) is 0 Å². The van der Waals surface area contributed by atoms with Crippen LogP contribution in [0.5, 0.6) is 0 Å². The van der Waals surface area contributed by atoms with Gasteiger partial charge in [0, 0.05) is 24.0 Å². The second-order valence-corrected chi connectivity index (χ2v) is 10.4. The van der Waals surface area contributed by atoms with E-state index in [1.54, 1.807) is 17.8 Å². The summed E-state index contributed by atoms with van der Waals surface area (Å²) in [4.78, 5) is 17.7. The fraction of sp³-hybridized carbons (Fsp3) is 0.500. The number of nitrogens with one attached hydrogen (secondary N) is 1. The number of nitrogens with zero attached hydrogens (tertiary/aromatic N) is 2. The molecule has 4 rings (SSSR count). The number of thioether (sulfide) groups is 1. The quantitative estimate of drug-likeness (QED) is 0.564. The Bertz CT molecular complexity index is 1010. The maximum atomic E-state index is 14.0. The molecule has 0 spiro atoms. The van der Waals surface area contributed by atoms with Gasteiger partial charge >= 0.3 is 6.18 Å². The molecule has 0 radical (unpaired) electrons. The highest BCUT2D eigenvalue weighted by atomic mass is 35.5. The number of hydrogen-bond donors (Lipinski definition) is 1. The second-order valence-electron chi connectivity index (χ2n) is 8.81. The fourth-order valence-electron chi connectivity index (χ4n) is 4.78. The Hall–Kier alpha value is -1.93. The zero-order chi connectivity index (χ0) is 23.8. The highest BCUT2D eigenvalue weighted by Gasteiger charge is 2.47. The van der Waals surface area contributed by atoms with E-state index in [0.29, 0.717) is 18.5 Å². The van der Waals surface area contributed by atoms with Crippen LogP contribution in [0.25, 0.3) is 0 Å². The molecule has 2 atom stereocenters. The predicted molar refractivity (Wildman–Crippen MR) is 127 cm³/mol. The molecule has 2 heterocycles. The first-order valence-corrected chi connectivity index (χ1v) is 12.6. The summed E-state index contributed by atoms with van der Waals surface area (Å²) in [5.74, 6) is 0.787. The summed E-state index contributed by atoms with van der Waals surface area (Å²) in [6.07, 6.45) is -0.346. The van der Waals surface area contributed by atoms with E-state index in [0.717, 1.165) is 39.8 Å². The molecule has 1 N–H and O–H groups in total. The van der Waals surface area contributed by atoms with Crippen LogP contribution in [0.3, 0.4) is 0 Å². The molecule has 2 aromatic rings. The van der Waals surface area contributed by atoms with Crippen LogP contribution < -0.4 is 5.32 Å². The summed E-state index contributed by atoms with van der Waals surface area (Å²) in [6.45, 7) is 2.00. The topological polar surface area (TPSA) is 45.2 Å². The third-order valence-corrected chi connectivity index (χ3v) is 8.06. The molecule has 1 fully saturated rings. The normalized spacial score (nSPS) is 19.8. The van der Waals surface area contributed by atoms with E-state index in [4.69, 9.17) is 11.6 Å². The molecule has 4 nitrogen and oxygen atoms in total. The Kier molecular flexibility index (Phi) is 7.15. The number of carbonyl (C=O) groups excluding carboxylic acids is 1. The number of rotatable bonds is 5. The summed E-state index contributed by atoms with van der Waals surface area (Å²) in [5, 5.41) is 4.11. The fourth-order valence-corrected chi connectivity index (χ4v) is 6.06. The molecule has 1 saturated heterocycles. The third-order valence-electron chi connectivity index (χ3n) is 6.60. The lowest BCUT2D eigenvalue weighted by Crippen LogP contribution is -2.43. The van der Waals surface area contributed by atoms with Crippen molar-refractivity contribution in [3.63, 3.8) is 0 Å². The predicted octanol–water partition coefficient (Wildman–Crippen LogP) is 5.83. The van der Waals surface area contributed by atoms with Gasteiger partial charge in [0.1, 0.15) is 0 Å². The van der Waals surface area contributed by atoms with Crippen LogP contribution in [-0.4, -0.2) is 46.6 Å². The monoisotopic (exact) mass is 497 g/mol. The van der Waals surface area contributed by atoms with Crippen molar-refractivity contribution in [3.8, 4) is 0 Å². The zero-order valence-corrected chi connectivity index (χ0v) is 20.2. The van der Waals surface area contributed by atoms with Gasteiger partial charge in [-0.3, -0.25) is 9.78 Å². The van der Waals surface area contributed by atoms with Crippen LogP contribution in [0.4, 0.5) is 18.9 Å². The molecule has 2 aliphatic rings.